The van der Waals surface area contributed by atoms with E-state index in [0.29, 0.717) is 5.82 Å². The number of nitrogens with one attached hydrogen (secondary N) is 1. The molecule has 0 saturated heterocycles. The van der Waals surface area contributed by atoms with Crippen LogP contribution in [0.1, 0.15) is 16.2 Å². The topological polar surface area (TPSA) is 68.0 Å². The zero-order chi connectivity index (χ0) is 12.4. The van der Waals surface area contributed by atoms with Crippen LogP contribution in [-0.2, 0) is 0 Å². The predicted octanol–water partition coefficient (Wildman–Crippen LogP) is 2.42. The quantitative estimate of drug-likeness (QED) is 0.895. The molecule has 88 valence electrons. The number of aromatic nitrogens is 2. The number of carbonyl (C=O) groups excluding carboxylic acids is 1. The van der Waals surface area contributed by atoms with E-state index in [-0.39, 0.29) is 16.6 Å². The van der Waals surface area contributed by atoms with Crippen molar-refractivity contribution in [3.8, 4) is 0 Å². The fourth-order valence-corrected chi connectivity index (χ4v) is 1.36. The fourth-order valence-electron chi connectivity index (χ4n) is 1.18. The number of hydrogen-bond donors (Lipinski definition) is 1. The summed E-state index contributed by atoms with van der Waals surface area (Å²) in [6.07, 6.45) is 0. The number of anilines is 1. The Bertz CT molecular complexity index is 570. The van der Waals surface area contributed by atoms with Crippen LogP contribution in [0.25, 0.3) is 0 Å². The van der Waals surface area contributed by atoms with E-state index in [9.17, 15) is 9.18 Å². The SMILES string of the molecule is Cc1noc(NC(=O)c2cc(Cl)ccc2F)n1. The maximum absolute atomic E-state index is 13.3. The van der Waals surface area contributed by atoms with Crippen LogP contribution >= 0.6 is 11.6 Å². The fraction of sp³-hybridized carbons (Fsp3) is 0.100. The summed E-state index contributed by atoms with van der Waals surface area (Å²) < 4.78 is 18.0. The molecule has 1 heterocycles. The van der Waals surface area contributed by atoms with Gasteiger partial charge in [0.15, 0.2) is 5.82 Å². The van der Waals surface area contributed by atoms with E-state index >= 15 is 0 Å². The molecule has 0 aliphatic carbocycles. The van der Waals surface area contributed by atoms with Gasteiger partial charge in [-0.05, 0) is 25.1 Å². The van der Waals surface area contributed by atoms with Gasteiger partial charge in [0.05, 0.1) is 5.56 Å². The summed E-state index contributed by atoms with van der Waals surface area (Å²) in [6.45, 7) is 1.60. The number of hydrogen-bond acceptors (Lipinski definition) is 4. The van der Waals surface area contributed by atoms with E-state index in [1.54, 1.807) is 6.92 Å². The van der Waals surface area contributed by atoms with Crippen molar-refractivity contribution in [2.24, 2.45) is 0 Å². The predicted molar refractivity (Wildman–Crippen MR) is 58.4 cm³/mol. The smallest absolute Gasteiger partial charge is 0.315 e. The molecule has 0 aliphatic heterocycles. The third kappa shape index (κ3) is 2.59. The van der Waals surface area contributed by atoms with Gasteiger partial charge in [-0.25, -0.2) is 4.39 Å². The van der Waals surface area contributed by atoms with Crippen molar-refractivity contribution in [2.75, 3.05) is 5.32 Å². The first kappa shape index (κ1) is 11.5. The molecule has 1 aromatic carbocycles. The zero-order valence-corrected chi connectivity index (χ0v) is 9.45. The Hall–Kier alpha value is -1.95. The van der Waals surface area contributed by atoms with Crippen molar-refractivity contribution in [1.82, 2.24) is 10.1 Å². The second-order valence-electron chi connectivity index (χ2n) is 3.23. The molecule has 1 amide bonds. The lowest BCUT2D eigenvalue weighted by atomic mass is 10.2. The molecule has 0 spiro atoms. The van der Waals surface area contributed by atoms with Crippen LogP contribution in [0.2, 0.25) is 5.02 Å². The number of halogens is 2. The third-order valence-corrected chi connectivity index (χ3v) is 2.16. The molecule has 1 N–H and O–H groups in total. The molecule has 0 fully saturated rings. The summed E-state index contributed by atoms with van der Waals surface area (Å²) in [5, 5.41) is 6.01. The molecule has 2 rings (SSSR count). The Balaban J connectivity index is 2.22. The first-order valence-corrected chi connectivity index (χ1v) is 5.01. The average molecular weight is 256 g/mol. The molecule has 0 unspecified atom stereocenters. The zero-order valence-electron chi connectivity index (χ0n) is 8.70. The Morgan fingerprint density at radius 1 is 1.53 bits per heavy atom. The van der Waals surface area contributed by atoms with E-state index in [0.717, 1.165) is 6.07 Å². The highest BCUT2D eigenvalue weighted by Crippen LogP contribution is 2.16. The molecule has 0 aliphatic rings. The van der Waals surface area contributed by atoms with Crippen molar-refractivity contribution in [2.45, 2.75) is 6.92 Å². The van der Waals surface area contributed by atoms with E-state index in [2.05, 4.69) is 20.0 Å². The molecule has 2 aromatic rings. The highest BCUT2D eigenvalue weighted by molar-refractivity contribution is 6.31. The van der Waals surface area contributed by atoms with Crippen LogP contribution in [0.3, 0.4) is 0 Å². The van der Waals surface area contributed by atoms with Gasteiger partial charge in [-0.2, -0.15) is 4.98 Å². The van der Waals surface area contributed by atoms with Crippen molar-refractivity contribution < 1.29 is 13.7 Å². The lowest BCUT2D eigenvalue weighted by Crippen LogP contribution is -2.14. The summed E-state index contributed by atoms with van der Waals surface area (Å²) in [5.74, 6) is -1.01. The number of rotatable bonds is 2. The highest BCUT2D eigenvalue weighted by atomic mass is 35.5. The third-order valence-electron chi connectivity index (χ3n) is 1.92. The van der Waals surface area contributed by atoms with Gasteiger partial charge in [0.2, 0.25) is 0 Å². The number of carbonyl (C=O) groups is 1. The molecule has 1 aromatic heterocycles. The van der Waals surface area contributed by atoms with Gasteiger partial charge in [-0.15, -0.1) is 0 Å². The number of amides is 1. The minimum Gasteiger partial charge on any atom is -0.315 e. The molecule has 0 atom stereocenters. The molecule has 0 bridgehead atoms. The molecule has 5 nitrogen and oxygen atoms in total. The van der Waals surface area contributed by atoms with E-state index in [1.165, 1.54) is 12.1 Å². The van der Waals surface area contributed by atoms with Crippen LogP contribution in [0.4, 0.5) is 10.4 Å². The van der Waals surface area contributed by atoms with Gasteiger partial charge in [-0.1, -0.05) is 16.8 Å². The van der Waals surface area contributed by atoms with Crippen LogP contribution < -0.4 is 5.32 Å². The van der Waals surface area contributed by atoms with Gasteiger partial charge in [0.25, 0.3) is 5.91 Å². The standard InChI is InChI=1S/C10H7ClFN3O2/c1-5-13-10(17-15-5)14-9(16)7-4-6(11)2-3-8(7)12/h2-4H,1H3,(H,13,14,15,16). The second kappa shape index (κ2) is 4.50. The maximum atomic E-state index is 13.3. The van der Waals surface area contributed by atoms with E-state index in [4.69, 9.17) is 11.6 Å². The minimum atomic E-state index is -0.700. The first-order chi connectivity index (χ1) is 8.06. The Morgan fingerprint density at radius 2 is 2.29 bits per heavy atom. The molecular weight excluding hydrogens is 249 g/mol. The van der Waals surface area contributed by atoms with Gasteiger partial charge >= 0.3 is 6.01 Å². The maximum Gasteiger partial charge on any atom is 0.328 e. The van der Waals surface area contributed by atoms with Crippen molar-refractivity contribution in [3.05, 3.63) is 40.4 Å². The van der Waals surface area contributed by atoms with Crippen molar-refractivity contribution in [1.29, 1.82) is 0 Å². The Labute approximate surface area is 101 Å². The molecule has 0 radical (unpaired) electrons. The minimum absolute atomic E-state index is 0.0909. The van der Waals surface area contributed by atoms with Gasteiger partial charge in [0, 0.05) is 5.02 Å². The summed E-state index contributed by atoms with van der Waals surface area (Å²) in [5.41, 5.74) is -0.187. The summed E-state index contributed by atoms with van der Waals surface area (Å²) in [7, 11) is 0. The molecule has 17 heavy (non-hydrogen) atoms. The number of aryl methyl sites for hydroxylation is 1. The molecule has 7 heteroatoms. The van der Waals surface area contributed by atoms with Crippen molar-refractivity contribution >= 4 is 23.5 Å². The Kier molecular flexibility index (Phi) is 3.06. The van der Waals surface area contributed by atoms with Gasteiger partial charge in [-0.3, -0.25) is 10.1 Å². The van der Waals surface area contributed by atoms with Crippen LogP contribution in [-0.4, -0.2) is 16.0 Å². The van der Waals surface area contributed by atoms with Crippen LogP contribution in [0.5, 0.6) is 0 Å². The Morgan fingerprint density at radius 3 is 2.94 bits per heavy atom. The monoisotopic (exact) mass is 255 g/mol. The second-order valence-corrected chi connectivity index (χ2v) is 3.66. The normalized spacial score (nSPS) is 10.3. The van der Waals surface area contributed by atoms with Gasteiger partial charge < -0.3 is 4.52 Å². The van der Waals surface area contributed by atoms with Crippen LogP contribution in [0.15, 0.2) is 22.7 Å². The number of nitrogens with zero attached hydrogens (tertiary/aromatic N) is 2. The van der Waals surface area contributed by atoms with E-state index in [1.807, 2.05) is 0 Å². The van der Waals surface area contributed by atoms with E-state index < -0.39 is 11.7 Å². The highest BCUT2D eigenvalue weighted by Gasteiger charge is 2.15. The summed E-state index contributed by atoms with van der Waals surface area (Å²) in [4.78, 5) is 15.4. The average Bonchev–Trinajstić information content (AvgIpc) is 2.67. The molecule has 0 saturated carbocycles. The lowest BCUT2D eigenvalue weighted by Gasteiger charge is -2.02. The lowest BCUT2D eigenvalue weighted by molar-refractivity contribution is 0.101. The van der Waals surface area contributed by atoms with Crippen LogP contribution in [0, 0.1) is 12.7 Å². The summed E-state index contributed by atoms with van der Waals surface area (Å²) in [6, 6.07) is 3.59. The first-order valence-electron chi connectivity index (χ1n) is 4.63. The molecular formula is C10H7ClFN3O2. The van der Waals surface area contributed by atoms with Crippen molar-refractivity contribution in [3.63, 3.8) is 0 Å². The number of benzene rings is 1. The van der Waals surface area contributed by atoms with Gasteiger partial charge in [0.1, 0.15) is 5.82 Å². The largest absolute Gasteiger partial charge is 0.328 e. The summed E-state index contributed by atoms with van der Waals surface area (Å²) >= 11 is 5.67.